The van der Waals surface area contributed by atoms with E-state index in [-0.39, 0.29) is 23.8 Å². The van der Waals surface area contributed by atoms with Gasteiger partial charge in [0.25, 0.3) is 5.56 Å². The third-order valence-electron chi connectivity index (χ3n) is 3.65. The molecule has 0 bridgehead atoms. The fourth-order valence-electron chi connectivity index (χ4n) is 2.55. The molecule has 0 aliphatic carbocycles. The third kappa shape index (κ3) is 2.78. The van der Waals surface area contributed by atoms with Gasteiger partial charge in [0, 0.05) is 6.42 Å². The Morgan fingerprint density at radius 2 is 2.12 bits per heavy atom. The van der Waals surface area contributed by atoms with Crippen LogP contribution in [-0.4, -0.2) is 28.9 Å². The van der Waals surface area contributed by atoms with Crippen molar-refractivity contribution in [3.63, 3.8) is 0 Å². The van der Waals surface area contributed by atoms with Crippen molar-refractivity contribution in [1.82, 2.24) is 9.97 Å². The number of hydrogen-bond donors (Lipinski definition) is 4. The monoisotopic (exact) mass is 329 g/mol. The number of anilines is 3. The van der Waals surface area contributed by atoms with Crippen molar-refractivity contribution in [3.05, 3.63) is 40.2 Å². The number of aromatic nitrogens is 2. The summed E-state index contributed by atoms with van der Waals surface area (Å²) in [6.45, 7) is 0. The first kappa shape index (κ1) is 15.5. The highest BCUT2D eigenvalue weighted by Crippen LogP contribution is 2.30. The molecule has 0 fully saturated rings. The number of primary amides is 1. The van der Waals surface area contributed by atoms with Crippen LogP contribution in [-0.2, 0) is 9.59 Å². The first-order valence-corrected chi connectivity index (χ1v) is 7.13. The lowest BCUT2D eigenvalue weighted by atomic mass is 9.93. The molecule has 2 amide bonds. The number of aromatic amines is 1. The highest BCUT2D eigenvalue weighted by atomic mass is 16.5. The molecule has 1 aromatic carbocycles. The van der Waals surface area contributed by atoms with Crippen molar-refractivity contribution in [2.24, 2.45) is 5.73 Å². The molecule has 3 rings (SSSR count). The molecule has 1 atom stereocenters. The number of nitrogens with two attached hydrogens (primary N) is 1. The Labute approximate surface area is 136 Å². The maximum atomic E-state index is 12.3. The molecule has 9 nitrogen and oxygen atoms in total. The van der Waals surface area contributed by atoms with Crippen LogP contribution < -0.4 is 26.7 Å². The van der Waals surface area contributed by atoms with E-state index in [4.69, 9.17) is 10.5 Å². The van der Waals surface area contributed by atoms with Gasteiger partial charge in [-0.15, -0.1) is 0 Å². The number of carbonyl (C=O) groups excluding carboxylic acids is 2. The molecule has 0 radical (unpaired) electrons. The van der Waals surface area contributed by atoms with Crippen LogP contribution in [0.15, 0.2) is 29.1 Å². The highest BCUT2D eigenvalue weighted by molar-refractivity contribution is 5.99. The Morgan fingerprint density at radius 1 is 1.38 bits per heavy atom. The van der Waals surface area contributed by atoms with Crippen LogP contribution >= 0.6 is 0 Å². The summed E-state index contributed by atoms with van der Waals surface area (Å²) in [5.74, 6) is -1.48. The molecule has 1 aliphatic heterocycles. The maximum Gasteiger partial charge on any atom is 0.258 e. The lowest BCUT2D eigenvalue weighted by molar-refractivity contribution is -0.124. The molecule has 2 heterocycles. The van der Waals surface area contributed by atoms with Gasteiger partial charge in [-0.05, 0) is 12.1 Å². The Balaban J connectivity index is 2.02. The molecule has 1 aromatic heterocycles. The zero-order chi connectivity index (χ0) is 17.3. The second-order valence-electron chi connectivity index (χ2n) is 5.21. The van der Waals surface area contributed by atoms with Gasteiger partial charge in [-0.1, -0.05) is 12.1 Å². The van der Waals surface area contributed by atoms with Crippen LogP contribution in [0.5, 0.6) is 5.75 Å². The van der Waals surface area contributed by atoms with Gasteiger partial charge >= 0.3 is 0 Å². The zero-order valence-electron chi connectivity index (χ0n) is 12.8. The van der Waals surface area contributed by atoms with Crippen LogP contribution in [0.2, 0.25) is 0 Å². The number of amides is 2. The number of para-hydroxylation sites is 2. The van der Waals surface area contributed by atoms with Gasteiger partial charge in [0.1, 0.15) is 11.6 Å². The number of benzene rings is 1. The van der Waals surface area contributed by atoms with Gasteiger partial charge in [0.05, 0.1) is 24.3 Å². The van der Waals surface area contributed by atoms with Crippen LogP contribution in [0.1, 0.15) is 17.9 Å². The standard InChI is InChI=1S/C15H15N5O4/c1-24-9-5-3-2-4-8(9)17-15-19-13-11(14(23)20-15)7(12(16)22)6-10(21)18-13/h2-5,7H,6H2,1H3,(H2,16,22)(H3,17,18,19,20,21,23)/t7-/m0/s1. The SMILES string of the molecule is COc1ccccc1Nc1nc2c(c(=O)[nH]1)[C@@H](C(N)=O)CC(=O)N2. The fraction of sp³-hybridized carbons (Fsp3) is 0.200. The van der Waals surface area contributed by atoms with Gasteiger partial charge in [0.2, 0.25) is 17.8 Å². The smallest absolute Gasteiger partial charge is 0.258 e. The number of fused-ring (bicyclic) bond motifs is 1. The van der Waals surface area contributed by atoms with E-state index in [1.807, 2.05) is 0 Å². The maximum absolute atomic E-state index is 12.3. The van der Waals surface area contributed by atoms with Crippen molar-refractivity contribution in [2.45, 2.75) is 12.3 Å². The van der Waals surface area contributed by atoms with Gasteiger partial charge in [-0.25, -0.2) is 0 Å². The van der Waals surface area contributed by atoms with Crippen molar-refractivity contribution >= 4 is 29.3 Å². The van der Waals surface area contributed by atoms with Crippen LogP contribution in [0.4, 0.5) is 17.5 Å². The minimum atomic E-state index is -0.995. The lowest BCUT2D eigenvalue weighted by Crippen LogP contribution is -2.36. The Morgan fingerprint density at radius 3 is 2.83 bits per heavy atom. The summed E-state index contributed by atoms with van der Waals surface area (Å²) in [7, 11) is 1.52. The molecular formula is C15H15N5O4. The number of carbonyl (C=O) groups is 2. The molecule has 0 saturated heterocycles. The van der Waals surface area contributed by atoms with E-state index >= 15 is 0 Å². The molecular weight excluding hydrogens is 314 g/mol. The second kappa shape index (κ2) is 6.03. The van der Waals surface area contributed by atoms with E-state index in [0.717, 1.165) is 0 Å². The van der Waals surface area contributed by atoms with E-state index < -0.39 is 23.3 Å². The quantitative estimate of drug-likeness (QED) is 0.641. The second-order valence-corrected chi connectivity index (χ2v) is 5.21. The van der Waals surface area contributed by atoms with E-state index in [1.54, 1.807) is 24.3 Å². The minimum Gasteiger partial charge on any atom is -0.495 e. The molecule has 0 unspecified atom stereocenters. The molecule has 0 spiro atoms. The van der Waals surface area contributed by atoms with Gasteiger partial charge < -0.3 is 21.1 Å². The molecule has 9 heteroatoms. The van der Waals surface area contributed by atoms with Crippen molar-refractivity contribution in [1.29, 1.82) is 0 Å². The number of hydrogen-bond acceptors (Lipinski definition) is 6. The number of nitrogens with one attached hydrogen (secondary N) is 3. The largest absolute Gasteiger partial charge is 0.495 e. The highest BCUT2D eigenvalue weighted by Gasteiger charge is 2.33. The van der Waals surface area contributed by atoms with Gasteiger partial charge in [0.15, 0.2) is 0 Å². The zero-order valence-corrected chi connectivity index (χ0v) is 12.8. The van der Waals surface area contributed by atoms with E-state index in [2.05, 4.69) is 20.6 Å². The number of methoxy groups -OCH3 is 1. The van der Waals surface area contributed by atoms with Crippen molar-refractivity contribution < 1.29 is 14.3 Å². The summed E-state index contributed by atoms with van der Waals surface area (Å²) < 4.78 is 5.21. The van der Waals surface area contributed by atoms with Crippen molar-refractivity contribution in [3.8, 4) is 5.75 Å². The molecule has 124 valence electrons. The van der Waals surface area contributed by atoms with Crippen molar-refractivity contribution in [2.75, 3.05) is 17.7 Å². The summed E-state index contributed by atoms with van der Waals surface area (Å²) in [6, 6.07) is 7.06. The normalized spacial score (nSPS) is 16.0. The first-order chi connectivity index (χ1) is 11.5. The topological polar surface area (TPSA) is 139 Å². The molecule has 1 aliphatic rings. The first-order valence-electron chi connectivity index (χ1n) is 7.13. The lowest BCUT2D eigenvalue weighted by Gasteiger charge is -2.22. The van der Waals surface area contributed by atoms with E-state index in [9.17, 15) is 14.4 Å². The molecule has 0 saturated carbocycles. The third-order valence-corrected chi connectivity index (χ3v) is 3.65. The molecule has 24 heavy (non-hydrogen) atoms. The minimum absolute atomic E-state index is 0.0243. The summed E-state index contributed by atoms with van der Waals surface area (Å²) in [5, 5.41) is 5.41. The molecule has 5 N–H and O–H groups in total. The molecule has 2 aromatic rings. The fourth-order valence-corrected chi connectivity index (χ4v) is 2.55. The predicted molar refractivity (Wildman–Crippen MR) is 86.3 cm³/mol. The van der Waals surface area contributed by atoms with Crippen LogP contribution in [0, 0.1) is 0 Å². The number of nitrogens with zero attached hydrogens (tertiary/aromatic N) is 1. The van der Waals surface area contributed by atoms with Gasteiger partial charge in [-0.2, -0.15) is 4.98 Å². The Kier molecular flexibility index (Phi) is 3.90. The van der Waals surface area contributed by atoms with Crippen LogP contribution in [0.3, 0.4) is 0 Å². The Hall–Kier alpha value is -3.36. The number of ether oxygens (including phenoxy) is 1. The number of rotatable bonds is 4. The summed E-state index contributed by atoms with van der Waals surface area (Å²) in [5.41, 5.74) is 5.38. The summed E-state index contributed by atoms with van der Waals surface area (Å²) in [4.78, 5) is 42.2. The van der Waals surface area contributed by atoms with E-state index in [0.29, 0.717) is 11.4 Å². The Bertz CT molecular complexity index is 876. The van der Waals surface area contributed by atoms with Crippen LogP contribution in [0.25, 0.3) is 0 Å². The summed E-state index contributed by atoms with van der Waals surface area (Å²) >= 11 is 0. The number of H-pyrrole nitrogens is 1. The van der Waals surface area contributed by atoms with E-state index in [1.165, 1.54) is 7.11 Å². The average Bonchev–Trinajstić information content (AvgIpc) is 2.54. The summed E-state index contributed by atoms with van der Waals surface area (Å²) in [6.07, 6.45) is -0.174. The average molecular weight is 329 g/mol. The van der Waals surface area contributed by atoms with Gasteiger partial charge in [-0.3, -0.25) is 19.4 Å². The predicted octanol–water partition coefficient (Wildman–Crippen LogP) is 0.433.